The molecule has 0 unspecified atom stereocenters. The first-order chi connectivity index (χ1) is 7.56. The molecule has 0 aliphatic heterocycles. The van der Waals surface area contributed by atoms with E-state index in [0.29, 0.717) is 12.0 Å². The molecule has 0 radical (unpaired) electrons. The number of hydrogen-bond donors (Lipinski definition) is 3. The Labute approximate surface area is 94.4 Å². The molecule has 1 aliphatic rings. The molecule has 3 atom stereocenters. The Balaban J connectivity index is 2.95. The average molecular weight is 230 g/mol. The van der Waals surface area contributed by atoms with Crippen molar-refractivity contribution in [3.63, 3.8) is 0 Å². The highest BCUT2D eigenvalue weighted by atomic mass is 16.5. The highest BCUT2D eigenvalue weighted by Gasteiger charge is 2.40. The lowest BCUT2D eigenvalue weighted by molar-refractivity contribution is -0.150. The normalized spacial score (nSPS) is 27.1. The molecule has 0 amide bonds. The lowest BCUT2D eigenvalue weighted by Gasteiger charge is -2.24. The zero-order chi connectivity index (χ0) is 12.3. The molecular formula is C11H18O5. The first kappa shape index (κ1) is 13.2. The zero-order valence-electron chi connectivity index (χ0n) is 9.51. The molecule has 0 saturated carbocycles. The summed E-state index contributed by atoms with van der Waals surface area (Å²) in [5, 5.41) is 28.2. The molecule has 0 aromatic heterocycles. The Hall–Kier alpha value is -0.910. The van der Waals surface area contributed by atoms with Crippen LogP contribution in [0.3, 0.4) is 0 Å². The minimum atomic E-state index is -0.806. The highest BCUT2D eigenvalue weighted by Crippen LogP contribution is 2.37. The van der Waals surface area contributed by atoms with Crippen molar-refractivity contribution in [2.75, 3.05) is 20.3 Å². The van der Waals surface area contributed by atoms with E-state index in [4.69, 9.17) is 0 Å². The van der Waals surface area contributed by atoms with Gasteiger partial charge >= 0.3 is 5.97 Å². The van der Waals surface area contributed by atoms with Crippen LogP contribution in [-0.4, -0.2) is 47.7 Å². The predicted octanol–water partition coefficient (Wildman–Crippen LogP) is -0.543. The minimum absolute atomic E-state index is 0.207. The summed E-state index contributed by atoms with van der Waals surface area (Å²) in [6.45, 7) is 1.20. The second-order valence-electron chi connectivity index (χ2n) is 4.07. The van der Waals surface area contributed by atoms with E-state index in [1.807, 2.05) is 0 Å². The maximum atomic E-state index is 11.4. The van der Waals surface area contributed by atoms with Gasteiger partial charge in [0.15, 0.2) is 0 Å². The molecule has 92 valence electrons. The lowest BCUT2D eigenvalue weighted by Crippen LogP contribution is -2.35. The molecule has 0 bridgehead atoms. The number of carbonyl (C=O) groups is 1. The van der Waals surface area contributed by atoms with Crippen LogP contribution in [-0.2, 0) is 9.53 Å². The molecule has 0 saturated heterocycles. The summed E-state index contributed by atoms with van der Waals surface area (Å²) in [5.41, 5.74) is 1.51. The number of esters is 1. The van der Waals surface area contributed by atoms with Crippen LogP contribution in [0.2, 0.25) is 0 Å². The van der Waals surface area contributed by atoms with Crippen LogP contribution in [0.4, 0.5) is 0 Å². The summed E-state index contributed by atoms with van der Waals surface area (Å²) in [5.74, 6) is -1.91. The molecule has 3 N–H and O–H groups in total. The predicted molar refractivity (Wildman–Crippen MR) is 56.5 cm³/mol. The van der Waals surface area contributed by atoms with Crippen molar-refractivity contribution in [3.8, 4) is 0 Å². The van der Waals surface area contributed by atoms with Crippen LogP contribution in [0.5, 0.6) is 0 Å². The van der Waals surface area contributed by atoms with Crippen molar-refractivity contribution >= 4 is 5.97 Å². The summed E-state index contributed by atoms with van der Waals surface area (Å²) in [4.78, 5) is 11.4. The second kappa shape index (κ2) is 5.43. The van der Waals surface area contributed by atoms with Crippen LogP contribution in [0.15, 0.2) is 11.1 Å². The molecule has 0 aromatic carbocycles. The Kier molecular flexibility index (Phi) is 4.46. The van der Waals surface area contributed by atoms with E-state index in [9.17, 15) is 20.1 Å². The largest absolute Gasteiger partial charge is 0.469 e. The number of ether oxygens (including phenoxy) is 1. The highest BCUT2D eigenvalue weighted by molar-refractivity contribution is 5.73. The van der Waals surface area contributed by atoms with Crippen molar-refractivity contribution in [2.45, 2.75) is 19.4 Å². The van der Waals surface area contributed by atoms with Crippen molar-refractivity contribution in [2.24, 2.45) is 11.8 Å². The van der Waals surface area contributed by atoms with E-state index in [-0.39, 0.29) is 6.61 Å². The Morgan fingerprint density at radius 1 is 1.56 bits per heavy atom. The van der Waals surface area contributed by atoms with Gasteiger partial charge in [0.05, 0.1) is 32.3 Å². The molecule has 0 fully saturated rings. The van der Waals surface area contributed by atoms with E-state index in [1.165, 1.54) is 7.11 Å². The summed E-state index contributed by atoms with van der Waals surface area (Å²) < 4.78 is 4.58. The van der Waals surface area contributed by atoms with Gasteiger partial charge in [-0.1, -0.05) is 5.57 Å². The quantitative estimate of drug-likeness (QED) is 0.446. The monoisotopic (exact) mass is 230 g/mol. The molecule has 0 heterocycles. The van der Waals surface area contributed by atoms with Gasteiger partial charge in [0, 0.05) is 5.92 Å². The van der Waals surface area contributed by atoms with Gasteiger partial charge in [0.1, 0.15) is 0 Å². The fourth-order valence-corrected chi connectivity index (χ4v) is 2.33. The first-order valence-corrected chi connectivity index (χ1v) is 5.22. The fraction of sp³-hybridized carbons (Fsp3) is 0.727. The zero-order valence-corrected chi connectivity index (χ0v) is 9.51. The SMILES string of the molecule is COC(=O)[C@@H](CO)[C@@H]1C(CO)=C(C)C[C@H]1O. The number of rotatable bonds is 4. The molecular weight excluding hydrogens is 212 g/mol. The first-order valence-electron chi connectivity index (χ1n) is 5.22. The molecule has 5 heteroatoms. The lowest BCUT2D eigenvalue weighted by atomic mass is 9.85. The number of aliphatic hydroxyl groups excluding tert-OH is 3. The maximum Gasteiger partial charge on any atom is 0.311 e. The maximum absolute atomic E-state index is 11.4. The van der Waals surface area contributed by atoms with Gasteiger partial charge in [-0.05, 0) is 18.9 Å². The van der Waals surface area contributed by atoms with Gasteiger partial charge < -0.3 is 20.1 Å². The van der Waals surface area contributed by atoms with Gasteiger partial charge in [-0.15, -0.1) is 0 Å². The summed E-state index contributed by atoms with van der Waals surface area (Å²) in [7, 11) is 1.24. The van der Waals surface area contributed by atoms with E-state index in [1.54, 1.807) is 6.92 Å². The summed E-state index contributed by atoms with van der Waals surface area (Å²) in [6.07, 6.45) is -0.313. The Morgan fingerprint density at radius 3 is 2.62 bits per heavy atom. The van der Waals surface area contributed by atoms with E-state index in [0.717, 1.165) is 5.57 Å². The number of carbonyl (C=O) groups excluding carboxylic acids is 1. The van der Waals surface area contributed by atoms with Gasteiger partial charge in [-0.3, -0.25) is 4.79 Å². The Morgan fingerprint density at radius 2 is 2.19 bits per heavy atom. The van der Waals surface area contributed by atoms with Gasteiger partial charge in [0.25, 0.3) is 0 Å². The molecule has 0 aromatic rings. The Bertz CT molecular complexity index is 297. The van der Waals surface area contributed by atoms with Crippen molar-refractivity contribution in [1.29, 1.82) is 0 Å². The van der Waals surface area contributed by atoms with E-state index < -0.39 is 30.5 Å². The third-order valence-electron chi connectivity index (χ3n) is 3.18. The van der Waals surface area contributed by atoms with E-state index >= 15 is 0 Å². The van der Waals surface area contributed by atoms with Crippen molar-refractivity contribution in [3.05, 3.63) is 11.1 Å². The topological polar surface area (TPSA) is 87.0 Å². The van der Waals surface area contributed by atoms with Crippen LogP contribution < -0.4 is 0 Å². The second-order valence-corrected chi connectivity index (χ2v) is 4.07. The van der Waals surface area contributed by atoms with Gasteiger partial charge in [-0.2, -0.15) is 0 Å². The van der Waals surface area contributed by atoms with Crippen molar-refractivity contribution < 1.29 is 24.9 Å². The fourth-order valence-electron chi connectivity index (χ4n) is 2.33. The smallest absolute Gasteiger partial charge is 0.311 e. The number of methoxy groups -OCH3 is 1. The van der Waals surface area contributed by atoms with Crippen LogP contribution in [0.25, 0.3) is 0 Å². The summed E-state index contributed by atoms with van der Waals surface area (Å²) in [6, 6.07) is 0. The van der Waals surface area contributed by atoms with Crippen LogP contribution in [0.1, 0.15) is 13.3 Å². The average Bonchev–Trinajstić information content (AvgIpc) is 2.54. The molecule has 0 spiro atoms. The van der Waals surface area contributed by atoms with Crippen molar-refractivity contribution in [1.82, 2.24) is 0 Å². The van der Waals surface area contributed by atoms with Gasteiger partial charge in [0.2, 0.25) is 0 Å². The third-order valence-corrected chi connectivity index (χ3v) is 3.18. The number of hydrogen-bond acceptors (Lipinski definition) is 5. The molecule has 1 rings (SSSR count). The number of aliphatic hydroxyl groups is 3. The standard InChI is InChI=1S/C11H18O5/c1-6-3-9(14)10(7(6)4-12)8(5-13)11(15)16-2/h8-10,12-14H,3-5H2,1-2H3/t8-,9+,10-/m0/s1. The summed E-state index contributed by atoms with van der Waals surface area (Å²) >= 11 is 0. The minimum Gasteiger partial charge on any atom is -0.469 e. The van der Waals surface area contributed by atoms with Crippen LogP contribution >= 0.6 is 0 Å². The molecule has 5 nitrogen and oxygen atoms in total. The van der Waals surface area contributed by atoms with Gasteiger partial charge in [-0.25, -0.2) is 0 Å². The third kappa shape index (κ3) is 2.26. The van der Waals surface area contributed by atoms with E-state index in [2.05, 4.69) is 4.74 Å². The van der Waals surface area contributed by atoms with Crippen LogP contribution in [0, 0.1) is 11.8 Å². The molecule has 1 aliphatic carbocycles. The molecule has 16 heavy (non-hydrogen) atoms.